The van der Waals surface area contributed by atoms with Crippen LogP contribution in [0.25, 0.3) is 11.3 Å². The lowest BCUT2D eigenvalue weighted by atomic mass is 10.1. The Kier molecular flexibility index (Phi) is 6.53. The summed E-state index contributed by atoms with van der Waals surface area (Å²) in [6, 6.07) is 17.2. The number of nitrogens with zero attached hydrogens (tertiary/aromatic N) is 5. The standard InChI is InChI=1S/C30H30ClN5O3/c1-19-25(20(2)33(3)32-19)18-36-29(37)24-5-4-6-26(28(24)30(36)38)35-15-13-34(14-16-35)17-23-11-12-27(39-23)21-7-9-22(31)10-8-21/h4-12H,13-18H2,1-3H3. The Morgan fingerprint density at radius 2 is 1.64 bits per heavy atom. The second-order valence-electron chi connectivity index (χ2n) is 10.2. The first-order chi connectivity index (χ1) is 18.8. The number of hydrogen-bond acceptors (Lipinski definition) is 6. The highest BCUT2D eigenvalue weighted by Crippen LogP contribution is 2.34. The molecule has 0 saturated carbocycles. The van der Waals surface area contributed by atoms with E-state index in [4.69, 9.17) is 16.0 Å². The molecule has 1 fully saturated rings. The number of aryl methyl sites for hydroxylation is 2. The first-order valence-corrected chi connectivity index (χ1v) is 13.5. The average molecular weight is 544 g/mol. The number of fused-ring (bicyclic) bond motifs is 1. The van der Waals surface area contributed by atoms with Gasteiger partial charge in [0.25, 0.3) is 11.8 Å². The molecule has 2 aliphatic rings. The summed E-state index contributed by atoms with van der Waals surface area (Å²) in [4.78, 5) is 32.8. The minimum Gasteiger partial charge on any atom is -0.460 e. The number of piperazine rings is 1. The van der Waals surface area contributed by atoms with Crippen LogP contribution in [0.5, 0.6) is 0 Å². The molecule has 0 bridgehead atoms. The van der Waals surface area contributed by atoms with Crippen LogP contribution in [0.4, 0.5) is 5.69 Å². The molecular formula is C30H30ClN5O3. The van der Waals surface area contributed by atoms with Crippen molar-refractivity contribution in [1.82, 2.24) is 19.6 Å². The molecule has 1 saturated heterocycles. The van der Waals surface area contributed by atoms with Gasteiger partial charge in [-0.15, -0.1) is 0 Å². The summed E-state index contributed by atoms with van der Waals surface area (Å²) in [6.07, 6.45) is 0. The maximum Gasteiger partial charge on any atom is 0.263 e. The molecule has 6 rings (SSSR count). The van der Waals surface area contributed by atoms with Crippen molar-refractivity contribution in [2.75, 3.05) is 31.1 Å². The van der Waals surface area contributed by atoms with E-state index in [1.165, 1.54) is 4.90 Å². The summed E-state index contributed by atoms with van der Waals surface area (Å²) in [7, 11) is 1.87. The predicted octanol–water partition coefficient (Wildman–Crippen LogP) is 5.07. The van der Waals surface area contributed by atoms with Gasteiger partial charge >= 0.3 is 0 Å². The Balaban J connectivity index is 1.14. The second kappa shape index (κ2) is 10.0. The van der Waals surface area contributed by atoms with Crippen LogP contribution >= 0.6 is 11.6 Å². The van der Waals surface area contributed by atoms with E-state index < -0.39 is 0 Å². The zero-order valence-electron chi connectivity index (χ0n) is 22.3. The van der Waals surface area contributed by atoms with Gasteiger partial charge in [-0.2, -0.15) is 5.10 Å². The molecular weight excluding hydrogens is 514 g/mol. The van der Waals surface area contributed by atoms with E-state index in [1.807, 2.05) is 69.4 Å². The third-order valence-electron chi connectivity index (χ3n) is 7.83. The first-order valence-electron chi connectivity index (χ1n) is 13.1. The highest BCUT2D eigenvalue weighted by atomic mass is 35.5. The van der Waals surface area contributed by atoms with E-state index >= 15 is 0 Å². The summed E-state index contributed by atoms with van der Waals surface area (Å²) >= 11 is 6.01. The van der Waals surface area contributed by atoms with E-state index in [2.05, 4.69) is 14.9 Å². The molecule has 39 heavy (non-hydrogen) atoms. The lowest BCUT2D eigenvalue weighted by Crippen LogP contribution is -2.46. The van der Waals surface area contributed by atoms with Gasteiger partial charge in [0.2, 0.25) is 0 Å². The van der Waals surface area contributed by atoms with Gasteiger partial charge in [-0.05, 0) is 62.4 Å². The van der Waals surface area contributed by atoms with E-state index in [0.29, 0.717) is 22.7 Å². The highest BCUT2D eigenvalue weighted by molar-refractivity contribution is 6.30. The number of rotatable bonds is 6. The molecule has 0 unspecified atom stereocenters. The zero-order chi connectivity index (χ0) is 27.3. The molecule has 0 aliphatic carbocycles. The quantitative estimate of drug-likeness (QED) is 0.316. The molecule has 2 aromatic heterocycles. The fraction of sp³-hybridized carbons (Fsp3) is 0.300. The van der Waals surface area contributed by atoms with Crippen molar-refractivity contribution < 1.29 is 14.0 Å². The number of benzene rings is 2. The van der Waals surface area contributed by atoms with Crippen LogP contribution in [0.1, 0.15) is 43.4 Å². The lowest BCUT2D eigenvalue weighted by Gasteiger charge is -2.36. The number of aromatic nitrogens is 2. The van der Waals surface area contributed by atoms with Crippen molar-refractivity contribution in [1.29, 1.82) is 0 Å². The van der Waals surface area contributed by atoms with Crippen molar-refractivity contribution in [3.8, 4) is 11.3 Å². The van der Waals surface area contributed by atoms with Crippen LogP contribution < -0.4 is 4.90 Å². The molecule has 0 atom stereocenters. The fourth-order valence-electron chi connectivity index (χ4n) is 5.53. The second-order valence-corrected chi connectivity index (χ2v) is 10.6. The van der Waals surface area contributed by atoms with Gasteiger partial charge < -0.3 is 9.32 Å². The lowest BCUT2D eigenvalue weighted by molar-refractivity contribution is 0.0642. The number of amides is 2. The maximum absolute atomic E-state index is 13.6. The normalized spacial score (nSPS) is 15.9. The van der Waals surface area contributed by atoms with Crippen molar-refractivity contribution >= 4 is 29.1 Å². The minimum absolute atomic E-state index is 0.228. The average Bonchev–Trinajstić information content (AvgIpc) is 3.57. The van der Waals surface area contributed by atoms with E-state index in [0.717, 1.165) is 65.9 Å². The minimum atomic E-state index is -0.243. The number of imide groups is 1. The van der Waals surface area contributed by atoms with E-state index in [1.54, 1.807) is 10.7 Å². The smallest absolute Gasteiger partial charge is 0.263 e. The Morgan fingerprint density at radius 3 is 2.33 bits per heavy atom. The molecule has 4 heterocycles. The Bertz CT molecular complexity index is 1560. The summed E-state index contributed by atoms with van der Waals surface area (Å²) < 4.78 is 7.88. The molecule has 0 radical (unpaired) electrons. The van der Waals surface area contributed by atoms with Gasteiger partial charge in [-0.3, -0.25) is 24.1 Å². The van der Waals surface area contributed by atoms with Crippen LogP contribution in [0.15, 0.2) is 59.0 Å². The van der Waals surface area contributed by atoms with Crippen LogP contribution in [0.2, 0.25) is 5.02 Å². The topological polar surface area (TPSA) is 74.8 Å². The van der Waals surface area contributed by atoms with Gasteiger partial charge in [0, 0.05) is 55.1 Å². The fourth-order valence-corrected chi connectivity index (χ4v) is 5.65. The molecule has 4 aromatic rings. The number of hydrogen-bond donors (Lipinski definition) is 0. The molecule has 8 nitrogen and oxygen atoms in total. The number of carbonyl (C=O) groups is 2. The summed E-state index contributed by atoms with van der Waals surface area (Å²) in [5.41, 5.74) is 5.51. The van der Waals surface area contributed by atoms with Gasteiger partial charge in [0.15, 0.2) is 0 Å². The first kappa shape index (κ1) is 25.4. The molecule has 0 spiro atoms. The van der Waals surface area contributed by atoms with Crippen molar-refractivity contribution in [3.05, 3.63) is 93.5 Å². The molecule has 200 valence electrons. The maximum atomic E-state index is 13.6. The zero-order valence-corrected chi connectivity index (χ0v) is 23.0. The molecule has 9 heteroatoms. The monoisotopic (exact) mass is 543 g/mol. The van der Waals surface area contributed by atoms with Crippen molar-refractivity contribution in [2.24, 2.45) is 7.05 Å². The van der Waals surface area contributed by atoms with Crippen LogP contribution in [-0.4, -0.2) is 57.6 Å². The van der Waals surface area contributed by atoms with Gasteiger partial charge in [-0.25, -0.2) is 0 Å². The molecule has 0 N–H and O–H groups in total. The summed E-state index contributed by atoms with van der Waals surface area (Å²) in [6.45, 7) is 7.95. The van der Waals surface area contributed by atoms with Crippen LogP contribution in [0.3, 0.4) is 0 Å². The Hall–Kier alpha value is -3.88. The highest BCUT2D eigenvalue weighted by Gasteiger charge is 2.39. The molecule has 2 aromatic carbocycles. The predicted molar refractivity (Wildman–Crippen MR) is 150 cm³/mol. The number of anilines is 1. The third kappa shape index (κ3) is 4.64. The molecule has 2 aliphatic heterocycles. The van der Waals surface area contributed by atoms with Gasteiger partial charge in [0.05, 0.1) is 35.6 Å². The summed E-state index contributed by atoms with van der Waals surface area (Å²) in [5.74, 6) is 1.25. The number of halogens is 1. The van der Waals surface area contributed by atoms with Crippen molar-refractivity contribution in [2.45, 2.75) is 26.9 Å². The summed E-state index contributed by atoms with van der Waals surface area (Å²) in [5, 5.41) is 5.14. The SMILES string of the molecule is Cc1nn(C)c(C)c1CN1C(=O)c2cccc(N3CCN(Cc4ccc(-c5ccc(Cl)cc5)o4)CC3)c2C1=O. The van der Waals surface area contributed by atoms with Gasteiger partial charge in [0.1, 0.15) is 11.5 Å². The van der Waals surface area contributed by atoms with E-state index in [-0.39, 0.29) is 18.4 Å². The van der Waals surface area contributed by atoms with Gasteiger partial charge in [-0.1, -0.05) is 17.7 Å². The Labute approximate surface area is 232 Å². The van der Waals surface area contributed by atoms with E-state index in [9.17, 15) is 9.59 Å². The third-order valence-corrected chi connectivity index (χ3v) is 8.09. The Morgan fingerprint density at radius 1 is 0.897 bits per heavy atom. The number of furan rings is 1. The van der Waals surface area contributed by atoms with Crippen LogP contribution in [-0.2, 0) is 20.1 Å². The van der Waals surface area contributed by atoms with Crippen molar-refractivity contribution in [3.63, 3.8) is 0 Å². The molecule has 2 amide bonds. The number of carbonyl (C=O) groups excluding carboxylic acids is 2. The van der Waals surface area contributed by atoms with Crippen LogP contribution in [0, 0.1) is 13.8 Å². The largest absolute Gasteiger partial charge is 0.460 e.